The van der Waals surface area contributed by atoms with E-state index in [1.165, 1.54) is 34.9 Å². The minimum Gasteiger partial charge on any atom is -0.383 e. The van der Waals surface area contributed by atoms with E-state index in [9.17, 15) is 0 Å². The van der Waals surface area contributed by atoms with E-state index in [4.69, 9.17) is 5.73 Å². The highest BCUT2D eigenvalue weighted by molar-refractivity contribution is 7.10. The van der Waals surface area contributed by atoms with Gasteiger partial charge in [0, 0.05) is 32.1 Å². The third kappa shape index (κ3) is 1.96. The van der Waals surface area contributed by atoms with Gasteiger partial charge in [-0.1, -0.05) is 0 Å². The van der Waals surface area contributed by atoms with Crippen molar-refractivity contribution in [3.05, 3.63) is 23.8 Å². The third-order valence-electron chi connectivity index (χ3n) is 3.37. The van der Waals surface area contributed by atoms with Crippen LogP contribution in [0, 0.1) is 0 Å². The molecule has 2 heterocycles. The van der Waals surface area contributed by atoms with Crippen LogP contribution in [0.3, 0.4) is 0 Å². The first-order chi connectivity index (χ1) is 8.66. The van der Waals surface area contributed by atoms with E-state index in [0.29, 0.717) is 11.7 Å². The number of imidazole rings is 1. The standard InChI is InChI=1S/C12H17N5S/c1-16-6-5-14-9(16)7-17(2)12-10(8-3-4-8)11(13)15-18-12/h5-6,8H,3-4,7H2,1-2H3,(H2,13,15). The maximum Gasteiger partial charge on any atom is 0.142 e. The number of hydrogen-bond acceptors (Lipinski definition) is 5. The number of nitrogens with zero attached hydrogens (tertiary/aromatic N) is 4. The van der Waals surface area contributed by atoms with E-state index in [2.05, 4.69) is 21.3 Å². The molecular weight excluding hydrogens is 246 g/mol. The van der Waals surface area contributed by atoms with Crippen molar-refractivity contribution < 1.29 is 0 Å². The molecule has 18 heavy (non-hydrogen) atoms. The average molecular weight is 263 g/mol. The van der Waals surface area contributed by atoms with Crippen LogP contribution in [0.2, 0.25) is 0 Å². The van der Waals surface area contributed by atoms with Gasteiger partial charge in [0.1, 0.15) is 16.6 Å². The van der Waals surface area contributed by atoms with Gasteiger partial charge in [0.25, 0.3) is 0 Å². The summed E-state index contributed by atoms with van der Waals surface area (Å²) in [5.74, 6) is 2.39. The summed E-state index contributed by atoms with van der Waals surface area (Å²) in [6.45, 7) is 0.783. The number of nitrogens with two attached hydrogens (primary N) is 1. The second-order valence-corrected chi connectivity index (χ2v) is 5.62. The van der Waals surface area contributed by atoms with Crippen LogP contribution in [-0.2, 0) is 13.6 Å². The predicted octanol–water partition coefficient (Wildman–Crippen LogP) is 1.97. The monoisotopic (exact) mass is 263 g/mol. The van der Waals surface area contributed by atoms with Gasteiger partial charge in [0.2, 0.25) is 0 Å². The smallest absolute Gasteiger partial charge is 0.142 e. The molecule has 6 heteroatoms. The molecule has 1 aliphatic rings. The lowest BCUT2D eigenvalue weighted by Crippen LogP contribution is -2.19. The molecule has 0 bridgehead atoms. The van der Waals surface area contributed by atoms with Crippen LogP contribution in [0.15, 0.2) is 12.4 Å². The summed E-state index contributed by atoms with van der Waals surface area (Å²) in [6.07, 6.45) is 6.27. The van der Waals surface area contributed by atoms with Crippen LogP contribution in [0.4, 0.5) is 10.8 Å². The maximum atomic E-state index is 5.98. The van der Waals surface area contributed by atoms with E-state index in [0.717, 1.165) is 12.4 Å². The molecule has 96 valence electrons. The quantitative estimate of drug-likeness (QED) is 0.916. The molecule has 0 spiro atoms. The van der Waals surface area contributed by atoms with Gasteiger partial charge in [-0.2, -0.15) is 4.37 Å². The van der Waals surface area contributed by atoms with Gasteiger partial charge >= 0.3 is 0 Å². The highest BCUT2D eigenvalue weighted by Gasteiger charge is 2.31. The molecule has 2 aromatic rings. The predicted molar refractivity (Wildman–Crippen MR) is 73.8 cm³/mol. The first-order valence-corrected chi connectivity index (χ1v) is 6.86. The number of rotatable bonds is 4. The lowest BCUT2D eigenvalue weighted by Gasteiger charge is -2.18. The molecule has 0 amide bonds. The minimum atomic E-state index is 0.627. The normalized spacial score (nSPS) is 15.0. The van der Waals surface area contributed by atoms with E-state index in [-0.39, 0.29) is 0 Å². The number of anilines is 2. The molecule has 0 unspecified atom stereocenters. The molecule has 5 nitrogen and oxygen atoms in total. The van der Waals surface area contributed by atoms with Gasteiger partial charge < -0.3 is 15.2 Å². The first-order valence-electron chi connectivity index (χ1n) is 6.09. The van der Waals surface area contributed by atoms with Crippen molar-refractivity contribution in [1.29, 1.82) is 0 Å². The van der Waals surface area contributed by atoms with Crippen LogP contribution in [0.5, 0.6) is 0 Å². The Morgan fingerprint density at radius 1 is 1.56 bits per heavy atom. The Bertz CT molecular complexity index is 555. The fourth-order valence-electron chi connectivity index (χ4n) is 2.16. The summed E-state index contributed by atoms with van der Waals surface area (Å²) in [6, 6.07) is 0. The summed E-state index contributed by atoms with van der Waals surface area (Å²) in [7, 11) is 4.09. The molecule has 0 aliphatic heterocycles. The summed E-state index contributed by atoms with van der Waals surface area (Å²) in [5, 5.41) is 1.19. The van der Waals surface area contributed by atoms with Gasteiger partial charge in [0.15, 0.2) is 0 Å². The summed E-state index contributed by atoms with van der Waals surface area (Å²) in [4.78, 5) is 6.55. The van der Waals surface area contributed by atoms with E-state index >= 15 is 0 Å². The maximum absolute atomic E-state index is 5.98. The largest absolute Gasteiger partial charge is 0.383 e. The van der Waals surface area contributed by atoms with E-state index in [1.54, 1.807) is 0 Å². The zero-order valence-electron chi connectivity index (χ0n) is 10.6. The second kappa shape index (κ2) is 4.28. The first kappa shape index (κ1) is 11.5. The SMILES string of the molecule is CN(Cc1nccn1C)c1snc(N)c1C1CC1. The Hall–Kier alpha value is -1.56. The molecule has 2 N–H and O–H groups in total. The fourth-order valence-corrected chi connectivity index (χ4v) is 3.02. The highest BCUT2D eigenvalue weighted by Crippen LogP contribution is 2.48. The Labute approximate surface area is 110 Å². The third-order valence-corrected chi connectivity index (χ3v) is 4.36. The summed E-state index contributed by atoms with van der Waals surface area (Å²) in [5.41, 5.74) is 7.22. The van der Waals surface area contributed by atoms with Crippen LogP contribution < -0.4 is 10.6 Å². The molecule has 0 saturated heterocycles. The molecule has 1 fully saturated rings. The Morgan fingerprint density at radius 2 is 2.33 bits per heavy atom. The van der Waals surface area contributed by atoms with Crippen LogP contribution in [0.25, 0.3) is 0 Å². The topological polar surface area (TPSA) is 60.0 Å². The molecule has 1 saturated carbocycles. The average Bonchev–Trinajstić information content (AvgIpc) is 2.99. The zero-order chi connectivity index (χ0) is 12.7. The number of aryl methyl sites for hydroxylation is 1. The van der Waals surface area contributed by atoms with Crippen molar-refractivity contribution >= 4 is 22.4 Å². The van der Waals surface area contributed by atoms with Crippen LogP contribution >= 0.6 is 11.5 Å². The van der Waals surface area contributed by atoms with Crippen molar-refractivity contribution in [2.75, 3.05) is 17.7 Å². The molecule has 3 rings (SSSR count). The molecule has 2 aromatic heterocycles. The number of hydrogen-bond donors (Lipinski definition) is 1. The lowest BCUT2D eigenvalue weighted by atomic mass is 10.2. The van der Waals surface area contributed by atoms with E-state index in [1.807, 2.05) is 24.0 Å². The molecular formula is C12H17N5S. The van der Waals surface area contributed by atoms with Crippen LogP contribution in [-0.4, -0.2) is 21.0 Å². The Morgan fingerprint density at radius 3 is 2.94 bits per heavy atom. The van der Waals surface area contributed by atoms with Gasteiger partial charge in [-0.15, -0.1) is 0 Å². The summed E-state index contributed by atoms with van der Waals surface area (Å²) < 4.78 is 6.34. The molecule has 1 aliphatic carbocycles. The van der Waals surface area contributed by atoms with Crippen molar-refractivity contribution in [3.63, 3.8) is 0 Å². The highest BCUT2D eigenvalue weighted by atomic mass is 32.1. The zero-order valence-corrected chi connectivity index (χ0v) is 11.4. The van der Waals surface area contributed by atoms with Crippen molar-refractivity contribution in [2.24, 2.45) is 7.05 Å². The van der Waals surface area contributed by atoms with Gasteiger partial charge in [-0.05, 0) is 30.3 Å². The molecule has 0 radical (unpaired) electrons. The Balaban J connectivity index is 1.84. The van der Waals surface area contributed by atoms with Crippen LogP contribution in [0.1, 0.15) is 30.1 Å². The second-order valence-electron chi connectivity index (χ2n) is 4.87. The number of nitrogen functional groups attached to an aromatic ring is 1. The van der Waals surface area contributed by atoms with E-state index < -0.39 is 0 Å². The van der Waals surface area contributed by atoms with Gasteiger partial charge in [-0.3, -0.25) is 0 Å². The van der Waals surface area contributed by atoms with Crippen molar-refractivity contribution in [2.45, 2.75) is 25.3 Å². The van der Waals surface area contributed by atoms with Gasteiger partial charge in [-0.25, -0.2) is 4.98 Å². The fraction of sp³-hybridized carbons (Fsp3) is 0.500. The minimum absolute atomic E-state index is 0.627. The molecule has 0 aromatic carbocycles. The van der Waals surface area contributed by atoms with Crippen molar-refractivity contribution in [1.82, 2.24) is 13.9 Å². The Kier molecular flexibility index (Phi) is 2.74. The van der Waals surface area contributed by atoms with Gasteiger partial charge in [0.05, 0.1) is 6.54 Å². The molecule has 0 atom stereocenters. The lowest BCUT2D eigenvalue weighted by molar-refractivity contribution is 0.763. The summed E-state index contributed by atoms with van der Waals surface area (Å²) >= 11 is 1.49. The van der Waals surface area contributed by atoms with Crippen molar-refractivity contribution in [3.8, 4) is 0 Å². The number of aromatic nitrogens is 3.